The van der Waals surface area contributed by atoms with Crippen molar-refractivity contribution >= 4 is 5.91 Å². The molecule has 1 aliphatic rings. The second-order valence-electron chi connectivity index (χ2n) is 6.90. The fourth-order valence-electron chi connectivity index (χ4n) is 2.69. The third kappa shape index (κ3) is 2.43. The topological polar surface area (TPSA) is 29.1 Å². The van der Waals surface area contributed by atoms with E-state index >= 15 is 0 Å². The van der Waals surface area contributed by atoms with E-state index in [9.17, 15) is 4.79 Å². The molecule has 1 N–H and O–H groups in total. The Labute approximate surface area is 110 Å². The van der Waals surface area contributed by atoms with Gasteiger partial charge in [0.2, 0.25) is 5.91 Å². The Bertz CT molecular complexity index is 451. The van der Waals surface area contributed by atoms with E-state index in [1.54, 1.807) is 0 Å². The normalized spacial score (nSPS) is 22.9. The number of amides is 1. The van der Waals surface area contributed by atoms with Gasteiger partial charge in [0.05, 0.1) is 0 Å². The van der Waals surface area contributed by atoms with Crippen LogP contribution < -0.4 is 5.32 Å². The molecule has 2 heteroatoms. The van der Waals surface area contributed by atoms with Crippen LogP contribution in [-0.4, -0.2) is 11.4 Å². The van der Waals surface area contributed by atoms with Gasteiger partial charge in [0.15, 0.2) is 0 Å². The molecule has 1 amide bonds. The fraction of sp³-hybridized carbons (Fsp3) is 0.562. The highest BCUT2D eigenvalue weighted by Crippen LogP contribution is 2.36. The minimum Gasteiger partial charge on any atom is -0.351 e. The van der Waals surface area contributed by atoms with E-state index in [1.807, 2.05) is 0 Å². The summed E-state index contributed by atoms with van der Waals surface area (Å²) in [6, 6.07) is 8.73. The number of hydrogen-bond acceptors (Lipinski definition) is 1. The molecule has 1 fully saturated rings. The molecule has 0 bridgehead atoms. The third-order valence-corrected chi connectivity index (χ3v) is 3.90. The lowest BCUT2D eigenvalue weighted by Gasteiger charge is -2.27. The lowest BCUT2D eigenvalue weighted by atomic mass is 9.81. The summed E-state index contributed by atoms with van der Waals surface area (Å²) in [4.78, 5) is 11.6. The zero-order chi connectivity index (χ0) is 13.6. The zero-order valence-electron chi connectivity index (χ0n) is 12.0. The smallest absolute Gasteiger partial charge is 0.221 e. The van der Waals surface area contributed by atoms with Crippen LogP contribution in [-0.2, 0) is 10.2 Å². The molecule has 0 saturated carbocycles. The highest BCUT2D eigenvalue weighted by Gasteiger charge is 2.39. The molecular formula is C16H23NO. The number of carbonyl (C=O) groups excluding carboxylic acids is 1. The van der Waals surface area contributed by atoms with Crippen molar-refractivity contribution in [2.45, 2.75) is 57.9 Å². The van der Waals surface area contributed by atoms with Crippen molar-refractivity contribution in [2.75, 3.05) is 0 Å². The van der Waals surface area contributed by atoms with Gasteiger partial charge in [0.1, 0.15) is 0 Å². The van der Waals surface area contributed by atoms with Crippen molar-refractivity contribution in [1.29, 1.82) is 0 Å². The average molecular weight is 245 g/mol. The van der Waals surface area contributed by atoms with Gasteiger partial charge in [-0.2, -0.15) is 0 Å². The van der Waals surface area contributed by atoms with Crippen molar-refractivity contribution < 1.29 is 4.79 Å². The number of nitrogens with one attached hydrogen (secondary N) is 1. The Morgan fingerprint density at radius 2 is 1.72 bits per heavy atom. The molecule has 2 nitrogen and oxygen atoms in total. The molecule has 2 rings (SSSR count). The van der Waals surface area contributed by atoms with E-state index in [-0.39, 0.29) is 22.8 Å². The van der Waals surface area contributed by atoms with E-state index in [0.717, 1.165) is 0 Å². The third-order valence-electron chi connectivity index (χ3n) is 3.90. The van der Waals surface area contributed by atoms with Crippen LogP contribution in [0.15, 0.2) is 24.3 Å². The summed E-state index contributed by atoms with van der Waals surface area (Å²) in [5.41, 5.74) is 2.63. The Kier molecular flexibility index (Phi) is 3.00. The Morgan fingerprint density at radius 3 is 2.11 bits per heavy atom. The van der Waals surface area contributed by atoms with Gasteiger partial charge in [0, 0.05) is 17.9 Å². The van der Waals surface area contributed by atoms with Gasteiger partial charge in [-0.05, 0) is 30.4 Å². The van der Waals surface area contributed by atoms with E-state index < -0.39 is 0 Å². The molecule has 1 atom stereocenters. The molecule has 1 aliphatic heterocycles. The highest BCUT2D eigenvalue weighted by atomic mass is 16.2. The highest BCUT2D eigenvalue weighted by molar-refractivity contribution is 5.81. The van der Waals surface area contributed by atoms with Crippen LogP contribution >= 0.6 is 0 Å². The molecule has 1 aromatic rings. The molecule has 98 valence electrons. The van der Waals surface area contributed by atoms with Gasteiger partial charge in [-0.25, -0.2) is 0 Å². The molecule has 1 unspecified atom stereocenters. The molecule has 0 spiro atoms. The first-order valence-corrected chi connectivity index (χ1v) is 6.61. The summed E-state index contributed by atoms with van der Waals surface area (Å²) < 4.78 is 0. The summed E-state index contributed by atoms with van der Waals surface area (Å²) in [6.07, 6.45) is 0.599. The maximum absolute atomic E-state index is 11.6. The van der Waals surface area contributed by atoms with Crippen molar-refractivity contribution in [3.63, 3.8) is 0 Å². The molecule has 0 aliphatic carbocycles. The van der Waals surface area contributed by atoms with E-state index in [4.69, 9.17) is 0 Å². The van der Waals surface area contributed by atoms with Crippen molar-refractivity contribution in [3.8, 4) is 0 Å². The summed E-state index contributed by atoms with van der Waals surface area (Å²) >= 11 is 0. The van der Waals surface area contributed by atoms with E-state index in [0.29, 0.717) is 6.42 Å². The van der Waals surface area contributed by atoms with Gasteiger partial charge < -0.3 is 5.32 Å². The minimum absolute atomic E-state index is 0.139. The Morgan fingerprint density at radius 1 is 1.17 bits per heavy atom. The number of hydrogen-bond donors (Lipinski definition) is 1. The summed E-state index contributed by atoms with van der Waals surface area (Å²) in [6.45, 7) is 10.8. The standard InChI is InChI=1S/C16H23NO/c1-15(2,3)12-8-6-11(7-9-12)13-10-14(18)17-16(13,4)5/h6-9,13H,10H2,1-5H3,(H,17,18). The first kappa shape index (κ1) is 13.1. The molecule has 1 saturated heterocycles. The maximum atomic E-state index is 11.6. The minimum atomic E-state index is -0.139. The van der Waals surface area contributed by atoms with Crippen molar-refractivity contribution in [2.24, 2.45) is 0 Å². The van der Waals surface area contributed by atoms with Gasteiger partial charge in [-0.15, -0.1) is 0 Å². The van der Waals surface area contributed by atoms with Crippen LogP contribution in [0.5, 0.6) is 0 Å². The molecule has 1 aromatic carbocycles. The van der Waals surface area contributed by atoms with Crippen LogP contribution in [0.25, 0.3) is 0 Å². The molecule has 0 radical (unpaired) electrons. The van der Waals surface area contributed by atoms with Crippen molar-refractivity contribution in [3.05, 3.63) is 35.4 Å². The van der Waals surface area contributed by atoms with Gasteiger partial charge in [0.25, 0.3) is 0 Å². The predicted molar refractivity (Wildman–Crippen MR) is 74.7 cm³/mol. The quantitative estimate of drug-likeness (QED) is 0.807. The van der Waals surface area contributed by atoms with Gasteiger partial charge in [-0.3, -0.25) is 4.79 Å². The first-order chi connectivity index (χ1) is 8.20. The summed E-state index contributed by atoms with van der Waals surface area (Å²) in [5.74, 6) is 0.434. The number of rotatable bonds is 1. The van der Waals surface area contributed by atoms with Crippen LogP contribution in [0, 0.1) is 0 Å². The zero-order valence-corrected chi connectivity index (χ0v) is 12.0. The molecular weight excluding hydrogens is 222 g/mol. The van der Waals surface area contributed by atoms with E-state index in [2.05, 4.69) is 64.2 Å². The largest absolute Gasteiger partial charge is 0.351 e. The average Bonchev–Trinajstić information content (AvgIpc) is 2.51. The monoisotopic (exact) mass is 245 g/mol. The fourth-order valence-corrected chi connectivity index (χ4v) is 2.69. The van der Waals surface area contributed by atoms with Gasteiger partial charge in [-0.1, -0.05) is 45.0 Å². The molecule has 18 heavy (non-hydrogen) atoms. The lowest BCUT2D eigenvalue weighted by Crippen LogP contribution is -2.38. The van der Waals surface area contributed by atoms with E-state index in [1.165, 1.54) is 11.1 Å². The molecule has 0 aromatic heterocycles. The van der Waals surface area contributed by atoms with Crippen molar-refractivity contribution in [1.82, 2.24) is 5.32 Å². The Balaban J connectivity index is 2.28. The van der Waals surface area contributed by atoms with Crippen LogP contribution in [0.4, 0.5) is 0 Å². The molecule has 1 heterocycles. The van der Waals surface area contributed by atoms with Crippen LogP contribution in [0.1, 0.15) is 58.1 Å². The van der Waals surface area contributed by atoms with Crippen LogP contribution in [0.3, 0.4) is 0 Å². The maximum Gasteiger partial charge on any atom is 0.221 e. The first-order valence-electron chi connectivity index (χ1n) is 6.61. The Hall–Kier alpha value is -1.31. The number of benzene rings is 1. The SMILES string of the molecule is CC(C)(C)c1ccc(C2CC(=O)NC2(C)C)cc1. The number of carbonyl (C=O) groups is 1. The predicted octanol–water partition coefficient (Wildman–Crippen LogP) is 3.37. The second kappa shape index (κ2) is 4.11. The second-order valence-corrected chi connectivity index (χ2v) is 6.90. The summed E-state index contributed by atoms with van der Waals surface area (Å²) in [7, 11) is 0. The lowest BCUT2D eigenvalue weighted by molar-refractivity contribution is -0.119. The van der Waals surface area contributed by atoms with Gasteiger partial charge >= 0.3 is 0 Å². The summed E-state index contributed by atoms with van der Waals surface area (Å²) in [5, 5.41) is 3.05. The van der Waals surface area contributed by atoms with Crippen LogP contribution in [0.2, 0.25) is 0 Å².